The van der Waals surface area contributed by atoms with E-state index >= 15 is 0 Å². The first kappa shape index (κ1) is 17.5. The highest BCUT2D eigenvalue weighted by atomic mass is 35.5. The van der Waals surface area contributed by atoms with Gasteiger partial charge in [-0.2, -0.15) is 0 Å². The normalized spacial score (nSPS) is 10.6. The number of rotatable bonds is 6. The molecule has 0 unspecified atom stereocenters. The number of halogens is 1. The van der Waals surface area contributed by atoms with Crippen molar-refractivity contribution in [2.75, 3.05) is 12.8 Å². The van der Waals surface area contributed by atoms with Crippen LogP contribution in [0.2, 0.25) is 5.02 Å². The van der Waals surface area contributed by atoms with Gasteiger partial charge in [0.25, 0.3) is 0 Å². The second kappa shape index (κ2) is 8.18. The van der Waals surface area contributed by atoms with E-state index in [0.717, 1.165) is 11.3 Å². The van der Waals surface area contributed by atoms with Crippen molar-refractivity contribution in [3.63, 3.8) is 0 Å². The van der Waals surface area contributed by atoms with E-state index in [4.69, 9.17) is 11.6 Å². The Hall–Kier alpha value is -2.31. The Morgan fingerprint density at radius 2 is 2.00 bits per heavy atom. The van der Waals surface area contributed by atoms with Crippen molar-refractivity contribution in [2.45, 2.75) is 11.7 Å². The molecule has 0 atom stereocenters. The topological polar surface area (TPSA) is 51.0 Å². The number of benzene rings is 2. The summed E-state index contributed by atoms with van der Waals surface area (Å²) in [4.78, 5) is 14.1. The van der Waals surface area contributed by atoms with E-state index in [1.54, 1.807) is 18.3 Å². The molecule has 0 aliphatic heterocycles. The number of amides is 1. The van der Waals surface area contributed by atoms with Crippen LogP contribution in [0.5, 0.6) is 0 Å². The van der Waals surface area contributed by atoms with Gasteiger partial charge < -0.3 is 4.90 Å². The molecule has 3 rings (SSSR count). The van der Waals surface area contributed by atoms with Crippen LogP contribution < -0.4 is 0 Å². The van der Waals surface area contributed by atoms with Gasteiger partial charge in [-0.1, -0.05) is 53.7 Å². The van der Waals surface area contributed by atoms with Crippen molar-refractivity contribution >= 4 is 29.3 Å². The molecule has 3 aromatic rings. The second-order valence-electron chi connectivity index (χ2n) is 5.49. The van der Waals surface area contributed by atoms with Crippen LogP contribution in [0.25, 0.3) is 5.69 Å². The van der Waals surface area contributed by atoms with Crippen LogP contribution in [0.15, 0.2) is 66.1 Å². The molecule has 0 saturated heterocycles. The summed E-state index contributed by atoms with van der Waals surface area (Å²) in [5, 5.41) is 9.42. The Bertz CT molecular complexity index is 853. The molecule has 7 heteroatoms. The van der Waals surface area contributed by atoms with Gasteiger partial charge in [0.15, 0.2) is 5.16 Å². The standard InChI is InChI=1S/C18H17ClN4OS/c1-22(11-14-6-5-7-15(19)10-14)17(24)12-25-18-21-20-13-23(18)16-8-3-2-4-9-16/h2-10,13H,11-12H2,1H3. The van der Waals surface area contributed by atoms with E-state index < -0.39 is 0 Å². The third kappa shape index (κ3) is 4.61. The highest BCUT2D eigenvalue weighted by Gasteiger charge is 2.13. The Balaban J connectivity index is 1.60. The van der Waals surface area contributed by atoms with Gasteiger partial charge in [-0.25, -0.2) is 0 Å². The highest BCUT2D eigenvalue weighted by molar-refractivity contribution is 7.99. The third-order valence-electron chi connectivity index (χ3n) is 3.61. The Labute approximate surface area is 155 Å². The largest absolute Gasteiger partial charge is 0.341 e. The quantitative estimate of drug-likeness (QED) is 0.619. The SMILES string of the molecule is CN(Cc1cccc(Cl)c1)C(=O)CSc1nncn1-c1ccccc1. The van der Waals surface area contributed by atoms with Crippen LogP contribution in [0.1, 0.15) is 5.56 Å². The molecule has 0 N–H and O–H groups in total. The van der Waals surface area contributed by atoms with Gasteiger partial charge in [0.2, 0.25) is 5.91 Å². The predicted molar refractivity (Wildman–Crippen MR) is 100 cm³/mol. The van der Waals surface area contributed by atoms with Gasteiger partial charge in [0, 0.05) is 24.3 Å². The van der Waals surface area contributed by atoms with Crippen LogP contribution in [0.3, 0.4) is 0 Å². The smallest absolute Gasteiger partial charge is 0.233 e. The van der Waals surface area contributed by atoms with Crippen molar-refractivity contribution in [2.24, 2.45) is 0 Å². The molecule has 0 saturated carbocycles. The Morgan fingerprint density at radius 3 is 2.76 bits per heavy atom. The van der Waals surface area contributed by atoms with Gasteiger partial charge >= 0.3 is 0 Å². The molecule has 5 nitrogen and oxygen atoms in total. The summed E-state index contributed by atoms with van der Waals surface area (Å²) in [5.74, 6) is 0.315. The van der Waals surface area contributed by atoms with Gasteiger partial charge in [0.1, 0.15) is 6.33 Å². The molecule has 1 aromatic heterocycles. The third-order valence-corrected chi connectivity index (χ3v) is 4.77. The molecule has 0 radical (unpaired) electrons. The molecule has 25 heavy (non-hydrogen) atoms. The van der Waals surface area contributed by atoms with Gasteiger partial charge in [-0.15, -0.1) is 10.2 Å². The summed E-state index contributed by atoms with van der Waals surface area (Å²) in [5.41, 5.74) is 1.97. The first-order valence-corrected chi connectivity index (χ1v) is 9.06. The molecule has 128 valence electrons. The molecule has 0 aliphatic rings. The Kier molecular flexibility index (Phi) is 5.73. The minimum absolute atomic E-state index is 0.0209. The molecule has 1 amide bonds. The maximum absolute atomic E-state index is 12.4. The average molecular weight is 373 g/mol. The van der Waals surface area contributed by atoms with Gasteiger partial charge in [0.05, 0.1) is 5.75 Å². The first-order chi connectivity index (χ1) is 12.1. The fourth-order valence-electron chi connectivity index (χ4n) is 2.32. The minimum Gasteiger partial charge on any atom is -0.341 e. The molecule has 2 aromatic carbocycles. The molecule has 1 heterocycles. The number of hydrogen-bond donors (Lipinski definition) is 0. The Morgan fingerprint density at radius 1 is 1.20 bits per heavy atom. The number of aromatic nitrogens is 3. The highest BCUT2D eigenvalue weighted by Crippen LogP contribution is 2.20. The monoisotopic (exact) mass is 372 g/mol. The van der Waals surface area contributed by atoms with E-state index in [2.05, 4.69) is 10.2 Å². The maximum atomic E-state index is 12.4. The summed E-state index contributed by atoms with van der Waals surface area (Å²) in [6.07, 6.45) is 1.65. The number of carbonyl (C=O) groups is 1. The van der Waals surface area contributed by atoms with E-state index in [0.29, 0.717) is 22.5 Å². The fourth-order valence-corrected chi connectivity index (χ4v) is 3.40. The molecular formula is C18H17ClN4OS. The van der Waals surface area contributed by atoms with E-state index in [-0.39, 0.29) is 5.91 Å². The number of para-hydroxylation sites is 1. The summed E-state index contributed by atoms with van der Waals surface area (Å²) in [6.45, 7) is 0.519. The van der Waals surface area contributed by atoms with E-state index in [1.165, 1.54) is 11.8 Å². The van der Waals surface area contributed by atoms with E-state index in [9.17, 15) is 4.79 Å². The summed E-state index contributed by atoms with van der Waals surface area (Å²) < 4.78 is 1.87. The van der Waals surface area contributed by atoms with Crippen molar-refractivity contribution < 1.29 is 4.79 Å². The van der Waals surface area contributed by atoms with Crippen molar-refractivity contribution in [1.82, 2.24) is 19.7 Å². The molecule has 0 aliphatic carbocycles. The fraction of sp³-hybridized carbons (Fsp3) is 0.167. The molecule has 0 bridgehead atoms. The zero-order valence-corrected chi connectivity index (χ0v) is 15.2. The number of carbonyl (C=O) groups excluding carboxylic acids is 1. The van der Waals surface area contributed by atoms with Crippen molar-refractivity contribution in [1.29, 1.82) is 0 Å². The summed E-state index contributed by atoms with van der Waals surface area (Å²) in [6, 6.07) is 17.3. The minimum atomic E-state index is 0.0209. The predicted octanol–water partition coefficient (Wildman–Crippen LogP) is 3.67. The summed E-state index contributed by atoms with van der Waals surface area (Å²) >= 11 is 7.36. The van der Waals surface area contributed by atoms with Gasteiger partial charge in [-0.05, 0) is 29.8 Å². The first-order valence-electron chi connectivity index (χ1n) is 7.70. The van der Waals surface area contributed by atoms with Crippen LogP contribution in [-0.2, 0) is 11.3 Å². The zero-order chi connectivity index (χ0) is 17.6. The zero-order valence-electron chi connectivity index (χ0n) is 13.7. The van der Waals surface area contributed by atoms with Gasteiger partial charge in [-0.3, -0.25) is 9.36 Å². The van der Waals surface area contributed by atoms with Crippen LogP contribution in [0.4, 0.5) is 0 Å². The van der Waals surface area contributed by atoms with E-state index in [1.807, 2.05) is 59.2 Å². The van der Waals surface area contributed by atoms with Crippen molar-refractivity contribution in [3.8, 4) is 5.69 Å². The van der Waals surface area contributed by atoms with Crippen molar-refractivity contribution in [3.05, 3.63) is 71.5 Å². The lowest BCUT2D eigenvalue weighted by Gasteiger charge is -2.17. The second-order valence-corrected chi connectivity index (χ2v) is 6.87. The lowest BCUT2D eigenvalue weighted by Crippen LogP contribution is -2.27. The molecule has 0 fully saturated rings. The average Bonchev–Trinajstić information content (AvgIpc) is 3.09. The van der Waals surface area contributed by atoms with Crippen LogP contribution in [0, 0.1) is 0 Å². The maximum Gasteiger partial charge on any atom is 0.233 e. The molecule has 0 spiro atoms. The van der Waals surface area contributed by atoms with Crippen LogP contribution in [-0.4, -0.2) is 38.4 Å². The van der Waals surface area contributed by atoms with Crippen LogP contribution >= 0.6 is 23.4 Å². The number of thioether (sulfide) groups is 1. The summed E-state index contributed by atoms with van der Waals surface area (Å²) in [7, 11) is 1.78. The number of hydrogen-bond acceptors (Lipinski definition) is 4. The lowest BCUT2D eigenvalue weighted by atomic mass is 10.2. The molecular weight excluding hydrogens is 356 g/mol. The lowest BCUT2D eigenvalue weighted by molar-refractivity contribution is -0.127. The number of nitrogens with zero attached hydrogens (tertiary/aromatic N) is 4.